The maximum absolute atomic E-state index is 14.3. The molecule has 4 nitrogen and oxygen atoms in total. The van der Waals surface area contributed by atoms with Gasteiger partial charge in [0.1, 0.15) is 5.82 Å². The highest BCUT2D eigenvalue weighted by atomic mass is 19.1. The van der Waals surface area contributed by atoms with E-state index in [1.54, 1.807) is 6.07 Å². The minimum atomic E-state index is -0.318. The first kappa shape index (κ1) is 21.9. The number of rotatable bonds is 8. The number of halogens is 2. The highest BCUT2D eigenvalue weighted by Crippen LogP contribution is 2.31. The Morgan fingerprint density at radius 1 is 1.16 bits per heavy atom. The molecule has 31 heavy (non-hydrogen) atoms. The van der Waals surface area contributed by atoms with E-state index in [9.17, 15) is 8.78 Å². The van der Waals surface area contributed by atoms with E-state index in [0.29, 0.717) is 26.1 Å². The lowest BCUT2D eigenvalue weighted by atomic mass is 9.89. The van der Waals surface area contributed by atoms with Crippen LogP contribution in [0.15, 0.2) is 42.6 Å². The van der Waals surface area contributed by atoms with Gasteiger partial charge in [-0.1, -0.05) is 30.3 Å². The molecule has 1 aromatic heterocycles. The molecule has 0 amide bonds. The second-order valence-electron chi connectivity index (χ2n) is 8.40. The summed E-state index contributed by atoms with van der Waals surface area (Å²) in [7, 11) is 0. The van der Waals surface area contributed by atoms with Crippen LogP contribution in [0.4, 0.5) is 8.78 Å². The van der Waals surface area contributed by atoms with Crippen LogP contribution < -0.4 is 5.73 Å². The van der Waals surface area contributed by atoms with Gasteiger partial charge in [0.05, 0.1) is 18.8 Å². The largest absolute Gasteiger partial charge is 0.347 e. The van der Waals surface area contributed by atoms with Gasteiger partial charge in [0.2, 0.25) is 0 Å². The summed E-state index contributed by atoms with van der Waals surface area (Å²) in [5.74, 6) is 0.0460. The molecule has 0 aliphatic carbocycles. The molecule has 0 atom stereocenters. The van der Waals surface area contributed by atoms with Crippen LogP contribution in [-0.2, 0) is 24.5 Å². The van der Waals surface area contributed by atoms with E-state index in [2.05, 4.69) is 35.9 Å². The van der Waals surface area contributed by atoms with Crippen LogP contribution in [0.5, 0.6) is 0 Å². The molecule has 0 bridgehead atoms. The molecule has 0 radical (unpaired) electrons. The number of piperidine rings is 1. The third-order valence-electron chi connectivity index (χ3n) is 6.31. The van der Waals surface area contributed by atoms with Crippen LogP contribution in [0.25, 0.3) is 10.9 Å². The highest BCUT2D eigenvalue weighted by Gasteiger charge is 2.24. The number of para-hydroxylation sites is 1. The number of benzene rings is 2. The molecular formula is C25H31F2N3O. The van der Waals surface area contributed by atoms with Crippen LogP contribution in [0.1, 0.15) is 47.4 Å². The second kappa shape index (κ2) is 9.90. The van der Waals surface area contributed by atoms with Gasteiger partial charge in [0.15, 0.2) is 0 Å². The standard InChI is InChI=1S/C25H31F2N3O/c1-18-4-2-5-22-21(16-29(25(18)22)11-3-10-26)17-31-30-12-8-20(9-13-30)23-14-19(15-28)6-7-24(23)27/h2,4-7,14,16,20H,3,8-13,15,17,28H2,1H3. The van der Waals surface area contributed by atoms with E-state index in [1.807, 2.05) is 11.1 Å². The molecule has 3 aromatic rings. The van der Waals surface area contributed by atoms with Gasteiger partial charge in [0.25, 0.3) is 0 Å². The summed E-state index contributed by atoms with van der Waals surface area (Å²) in [5, 5.41) is 3.15. The van der Waals surface area contributed by atoms with Crippen LogP contribution >= 0.6 is 0 Å². The summed E-state index contributed by atoms with van der Waals surface area (Å²) in [6.45, 7) is 4.85. The van der Waals surface area contributed by atoms with Crippen LogP contribution in [-0.4, -0.2) is 29.4 Å². The average Bonchev–Trinajstić information content (AvgIpc) is 3.16. The number of hydrogen-bond acceptors (Lipinski definition) is 3. The van der Waals surface area contributed by atoms with Crippen molar-refractivity contribution in [3.05, 3.63) is 70.7 Å². The smallest absolute Gasteiger partial charge is 0.126 e. The Hall–Kier alpha value is -2.28. The van der Waals surface area contributed by atoms with Crippen molar-refractivity contribution in [2.45, 2.75) is 51.8 Å². The molecule has 4 rings (SSSR count). The maximum atomic E-state index is 14.3. The zero-order valence-corrected chi connectivity index (χ0v) is 18.1. The van der Waals surface area contributed by atoms with Crippen molar-refractivity contribution in [1.82, 2.24) is 9.63 Å². The predicted molar refractivity (Wildman–Crippen MR) is 120 cm³/mol. The van der Waals surface area contributed by atoms with E-state index >= 15 is 0 Å². The number of nitrogens with zero attached hydrogens (tertiary/aromatic N) is 2. The molecule has 1 saturated heterocycles. The van der Waals surface area contributed by atoms with Crippen molar-refractivity contribution in [3.63, 3.8) is 0 Å². The lowest BCUT2D eigenvalue weighted by Gasteiger charge is -2.31. The summed E-state index contributed by atoms with van der Waals surface area (Å²) < 4.78 is 29.2. The van der Waals surface area contributed by atoms with Gasteiger partial charge in [-0.2, -0.15) is 5.06 Å². The Kier molecular flexibility index (Phi) is 7.00. The van der Waals surface area contributed by atoms with E-state index in [1.165, 1.54) is 11.6 Å². The minimum Gasteiger partial charge on any atom is -0.347 e. The first-order valence-corrected chi connectivity index (χ1v) is 11.1. The molecule has 2 N–H and O–H groups in total. The van der Waals surface area contributed by atoms with Gasteiger partial charge in [-0.25, -0.2) is 4.39 Å². The molecule has 6 heteroatoms. The van der Waals surface area contributed by atoms with Crippen LogP contribution in [0.3, 0.4) is 0 Å². The molecule has 2 aromatic carbocycles. The van der Waals surface area contributed by atoms with Crippen LogP contribution in [0.2, 0.25) is 0 Å². The number of aryl methyl sites for hydroxylation is 2. The molecule has 166 valence electrons. The maximum Gasteiger partial charge on any atom is 0.126 e. The monoisotopic (exact) mass is 427 g/mol. The van der Waals surface area contributed by atoms with Gasteiger partial charge in [-0.15, -0.1) is 0 Å². The Balaban J connectivity index is 1.40. The van der Waals surface area contributed by atoms with E-state index in [-0.39, 0.29) is 18.4 Å². The lowest BCUT2D eigenvalue weighted by molar-refractivity contribution is -0.180. The SMILES string of the molecule is Cc1cccc2c(CON3CCC(c4cc(CN)ccc4F)CC3)cn(CCCF)c12. The van der Waals surface area contributed by atoms with Crippen molar-refractivity contribution in [3.8, 4) is 0 Å². The number of alkyl halides is 1. The van der Waals surface area contributed by atoms with Crippen molar-refractivity contribution in [1.29, 1.82) is 0 Å². The third-order valence-corrected chi connectivity index (χ3v) is 6.31. The number of nitrogens with two attached hydrogens (primary N) is 1. The average molecular weight is 428 g/mol. The number of fused-ring (bicyclic) bond motifs is 1. The third kappa shape index (κ3) is 4.81. The summed E-state index contributed by atoms with van der Waals surface area (Å²) in [6.07, 6.45) is 4.30. The van der Waals surface area contributed by atoms with E-state index < -0.39 is 0 Å². The van der Waals surface area contributed by atoms with E-state index in [0.717, 1.165) is 53.5 Å². The van der Waals surface area contributed by atoms with Gasteiger partial charge < -0.3 is 10.3 Å². The summed E-state index contributed by atoms with van der Waals surface area (Å²) in [6, 6.07) is 11.4. The number of aromatic nitrogens is 1. The fraction of sp³-hybridized carbons (Fsp3) is 0.440. The second-order valence-corrected chi connectivity index (χ2v) is 8.40. The van der Waals surface area contributed by atoms with Gasteiger partial charge in [-0.05, 0) is 54.9 Å². The normalized spacial score (nSPS) is 15.7. The molecule has 0 saturated carbocycles. The van der Waals surface area contributed by atoms with Gasteiger partial charge in [-0.3, -0.25) is 9.23 Å². The molecule has 1 fully saturated rings. The summed E-state index contributed by atoms with van der Waals surface area (Å²) >= 11 is 0. The fourth-order valence-corrected chi connectivity index (χ4v) is 4.63. The molecule has 1 aliphatic heterocycles. The molecule has 0 unspecified atom stereocenters. The van der Waals surface area contributed by atoms with Crippen LogP contribution in [0, 0.1) is 12.7 Å². The Bertz CT molecular complexity index is 1030. The Labute approximate surface area is 182 Å². The fourth-order valence-electron chi connectivity index (χ4n) is 4.63. The number of hydroxylamine groups is 2. The van der Waals surface area contributed by atoms with Crippen molar-refractivity contribution in [2.75, 3.05) is 19.8 Å². The highest BCUT2D eigenvalue weighted by molar-refractivity contribution is 5.86. The molecule has 0 spiro atoms. The quantitative estimate of drug-likeness (QED) is 0.536. The Morgan fingerprint density at radius 3 is 2.71 bits per heavy atom. The molecule has 2 heterocycles. The first-order valence-electron chi connectivity index (χ1n) is 11.1. The Morgan fingerprint density at radius 2 is 1.97 bits per heavy atom. The molecular weight excluding hydrogens is 396 g/mol. The minimum absolute atomic E-state index is 0.145. The topological polar surface area (TPSA) is 43.4 Å². The first-order chi connectivity index (χ1) is 15.1. The molecule has 1 aliphatic rings. The van der Waals surface area contributed by atoms with Gasteiger partial charge in [0, 0.05) is 43.3 Å². The van der Waals surface area contributed by atoms with Crippen molar-refractivity contribution in [2.24, 2.45) is 5.73 Å². The predicted octanol–water partition coefficient (Wildman–Crippen LogP) is 5.22. The van der Waals surface area contributed by atoms with Crippen molar-refractivity contribution < 1.29 is 13.6 Å². The lowest BCUT2D eigenvalue weighted by Crippen LogP contribution is -2.33. The zero-order valence-electron chi connectivity index (χ0n) is 18.1. The van der Waals surface area contributed by atoms with E-state index in [4.69, 9.17) is 10.6 Å². The zero-order chi connectivity index (χ0) is 21.8. The summed E-state index contributed by atoms with van der Waals surface area (Å²) in [4.78, 5) is 6.13. The van der Waals surface area contributed by atoms with Gasteiger partial charge >= 0.3 is 0 Å². The number of hydrogen-bond donors (Lipinski definition) is 1. The summed E-state index contributed by atoms with van der Waals surface area (Å²) in [5.41, 5.74) is 10.9. The van der Waals surface area contributed by atoms with Crippen molar-refractivity contribution >= 4 is 10.9 Å².